The summed E-state index contributed by atoms with van der Waals surface area (Å²) in [5.41, 5.74) is 0. The average molecular weight is 1050 g/mol. The average Bonchev–Trinajstić information content (AvgIpc) is 3.42. The predicted molar refractivity (Wildman–Crippen MR) is 340 cm³/mol. The number of aliphatic hydroxyl groups excluding tert-OH is 2. The van der Waals surface area contributed by atoms with Crippen LogP contribution in [0, 0.1) is 0 Å². The molecule has 0 rings (SSSR count). The highest BCUT2D eigenvalue weighted by molar-refractivity contribution is 5.76. The SMILES string of the molecule is CC/C=C\C/C=C\C/C=C\C/C=C\C/C=C\C/C=C\C/C=C\C/C=C\CCCCCCCCCCCCC(=O)NC(CO)C(O)/C=C/CC/C=C/CCCCCCCCCCCCCCCCCCCCCCCCC. The summed E-state index contributed by atoms with van der Waals surface area (Å²) in [6, 6.07) is -0.652. The van der Waals surface area contributed by atoms with E-state index in [4.69, 9.17) is 0 Å². The van der Waals surface area contributed by atoms with Crippen LogP contribution in [-0.2, 0) is 4.79 Å². The molecule has 0 saturated heterocycles. The second kappa shape index (κ2) is 66.1. The molecule has 2 atom stereocenters. The van der Waals surface area contributed by atoms with Gasteiger partial charge in [0.1, 0.15) is 0 Å². The summed E-state index contributed by atoms with van der Waals surface area (Å²) in [4.78, 5) is 12.5. The number of aliphatic hydroxyl groups is 2. The zero-order valence-corrected chi connectivity index (χ0v) is 50.2. The number of hydrogen-bond donors (Lipinski definition) is 3. The van der Waals surface area contributed by atoms with E-state index >= 15 is 0 Å². The molecule has 0 aromatic rings. The number of allylic oxidation sites excluding steroid dienone is 19. The number of nitrogens with one attached hydrogen (secondary N) is 1. The van der Waals surface area contributed by atoms with Crippen LogP contribution in [0.25, 0.3) is 0 Å². The molecule has 0 aliphatic carbocycles. The zero-order chi connectivity index (χ0) is 54.8. The quantitative estimate of drug-likeness (QED) is 0.0420. The highest BCUT2D eigenvalue weighted by atomic mass is 16.3. The Hall–Kier alpha value is -3.21. The molecule has 0 spiro atoms. The van der Waals surface area contributed by atoms with Crippen LogP contribution in [-0.4, -0.2) is 34.9 Å². The summed E-state index contributed by atoms with van der Waals surface area (Å²) < 4.78 is 0. The molecule has 0 aromatic carbocycles. The number of carbonyl (C=O) groups excluding carboxylic acids is 1. The van der Waals surface area contributed by atoms with Gasteiger partial charge in [0, 0.05) is 6.42 Å². The van der Waals surface area contributed by atoms with Crippen LogP contribution in [0.15, 0.2) is 122 Å². The first kappa shape index (κ1) is 72.8. The Kier molecular flexibility index (Phi) is 63.3. The van der Waals surface area contributed by atoms with Gasteiger partial charge in [-0.15, -0.1) is 0 Å². The van der Waals surface area contributed by atoms with Crippen molar-refractivity contribution in [1.82, 2.24) is 5.32 Å². The summed E-state index contributed by atoms with van der Waals surface area (Å²) in [5.74, 6) is -0.0804. The van der Waals surface area contributed by atoms with Gasteiger partial charge in [0.25, 0.3) is 0 Å². The van der Waals surface area contributed by atoms with Gasteiger partial charge in [-0.2, -0.15) is 0 Å². The van der Waals surface area contributed by atoms with Crippen LogP contribution in [0.5, 0.6) is 0 Å². The molecule has 0 bridgehead atoms. The van der Waals surface area contributed by atoms with Gasteiger partial charge in [-0.3, -0.25) is 4.79 Å². The minimum Gasteiger partial charge on any atom is -0.394 e. The third-order valence-corrected chi connectivity index (χ3v) is 14.4. The maximum Gasteiger partial charge on any atom is 0.220 e. The lowest BCUT2D eigenvalue weighted by Crippen LogP contribution is -2.45. The molecule has 4 nitrogen and oxygen atoms in total. The number of hydrogen-bond acceptors (Lipinski definition) is 3. The summed E-state index contributed by atoms with van der Waals surface area (Å²) >= 11 is 0. The lowest BCUT2D eigenvalue weighted by molar-refractivity contribution is -0.123. The van der Waals surface area contributed by atoms with E-state index in [1.807, 2.05) is 6.08 Å². The first-order valence-electron chi connectivity index (χ1n) is 32.7. The Morgan fingerprint density at radius 3 is 0.921 bits per heavy atom. The van der Waals surface area contributed by atoms with E-state index in [0.717, 1.165) is 89.9 Å². The van der Waals surface area contributed by atoms with E-state index < -0.39 is 12.1 Å². The smallest absolute Gasteiger partial charge is 0.220 e. The molecule has 1 amide bonds. The van der Waals surface area contributed by atoms with Gasteiger partial charge in [-0.25, -0.2) is 0 Å². The van der Waals surface area contributed by atoms with Gasteiger partial charge in [-0.1, -0.05) is 328 Å². The third-order valence-electron chi connectivity index (χ3n) is 14.4. The Morgan fingerprint density at radius 1 is 0.329 bits per heavy atom. The molecule has 3 N–H and O–H groups in total. The van der Waals surface area contributed by atoms with Crippen molar-refractivity contribution in [2.45, 2.75) is 321 Å². The van der Waals surface area contributed by atoms with Crippen LogP contribution in [0.4, 0.5) is 0 Å². The molecule has 0 aliphatic heterocycles. The van der Waals surface area contributed by atoms with E-state index in [1.54, 1.807) is 6.08 Å². The normalized spacial score (nSPS) is 13.6. The van der Waals surface area contributed by atoms with Crippen molar-refractivity contribution in [1.29, 1.82) is 0 Å². The predicted octanol–water partition coefficient (Wildman–Crippen LogP) is 22.4. The first-order chi connectivity index (χ1) is 37.7. The molecule has 2 unspecified atom stereocenters. The van der Waals surface area contributed by atoms with E-state index in [0.29, 0.717) is 6.42 Å². The van der Waals surface area contributed by atoms with Gasteiger partial charge in [0.2, 0.25) is 5.91 Å². The molecular weight excluding hydrogens is 927 g/mol. The van der Waals surface area contributed by atoms with Crippen molar-refractivity contribution in [2.24, 2.45) is 0 Å². The van der Waals surface area contributed by atoms with Crippen LogP contribution in [0.3, 0.4) is 0 Å². The lowest BCUT2D eigenvalue weighted by Gasteiger charge is -2.19. The van der Waals surface area contributed by atoms with Crippen molar-refractivity contribution >= 4 is 5.91 Å². The van der Waals surface area contributed by atoms with Crippen molar-refractivity contribution in [3.05, 3.63) is 122 Å². The minimum atomic E-state index is -0.874. The van der Waals surface area contributed by atoms with Crippen LogP contribution in [0.2, 0.25) is 0 Å². The van der Waals surface area contributed by atoms with E-state index in [9.17, 15) is 15.0 Å². The molecule has 0 saturated carbocycles. The fourth-order valence-corrected chi connectivity index (χ4v) is 9.51. The van der Waals surface area contributed by atoms with E-state index in [-0.39, 0.29) is 12.5 Å². The second-order valence-corrected chi connectivity index (χ2v) is 21.8. The van der Waals surface area contributed by atoms with Crippen LogP contribution in [0.1, 0.15) is 309 Å². The standard InChI is InChI=1S/C72H125NO3/c1-3-5-7-9-11-13-15-17-19-21-23-25-27-29-31-33-34-35-36-37-38-40-42-44-46-48-50-52-54-56-58-60-62-64-66-68-72(76)73-70(69-74)71(75)67-65-63-61-59-57-55-53-51-49-47-45-43-41-39-32-30-28-26-24-22-20-18-16-14-12-10-8-6-4-2/h5,7,11,13,17,19,23,25,29,31,34-35,37-38,42,44,57,59,65,67,70-71,74-75H,3-4,6,8-10,12,14-16,18,20-22,24,26-28,30,32-33,36,39-41,43,45-56,58,60-64,66,68-69H2,1-2H3,(H,73,76)/b7-5-,13-11-,19-17-,25-23-,31-29-,35-34-,38-37-,44-42-,59-57+,67-65+. The Morgan fingerprint density at radius 2 is 0.592 bits per heavy atom. The summed E-state index contributed by atoms with van der Waals surface area (Å²) in [7, 11) is 0. The number of carbonyl (C=O) groups is 1. The Labute approximate surface area is 473 Å². The van der Waals surface area contributed by atoms with Gasteiger partial charge < -0.3 is 15.5 Å². The second-order valence-electron chi connectivity index (χ2n) is 21.8. The molecule has 0 aromatic heterocycles. The van der Waals surface area contributed by atoms with Crippen molar-refractivity contribution < 1.29 is 15.0 Å². The van der Waals surface area contributed by atoms with Crippen LogP contribution >= 0.6 is 0 Å². The summed E-state index contributed by atoms with van der Waals surface area (Å²) in [5, 5.41) is 23.2. The molecular formula is C72H125NO3. The van der Waals surface area contributed by atoms with E-state index in [2.05, 4.69) is 129 Å². The first-order valence-corrected chi connectivity index (χ1v) is 32.7. The van der Waals surface area contributed by atoms with E-state index in [1.165, 1.54) is 199 Å². The molecule has 0 heterocycles. The highest BCUT2D eigenvalue weighted by Gasteiger charge is 2.18. The fraction of sp³-hybridized carbons (Fsp3) is 0.708. The number of unbranched alkanes of at least 4 members (excludes halogenated alkanes) is 34. The molecule has 4 heteroatoms. The highest BCUT2D eigenvalue weighted by Crippen LogP contribution is 2.17. The lowest BCUT2D eigenvalue weighted by atomic mass is 10.0. The third kappa shape index (κ3) is 61.6. The largest absolute Gasteiger partial charge is 0.394 e. The summed E-state index contributed by atoms with van der Waals surface area (Å²) in [6.45, 7) is 4.20. The maximum absolute atomic E-state index is 12.5. The van der Waals surface area contributed by atoms with Gasteiger partial charge >= 0.3 is 0 Å². The minimum absolute atomic E-state index is 0.0804. The van der Waals surface area contributed by atoms with Gasteiger partial charge in [-0.05, 0) is 96.3 Å². The molecule has 0 fully saturated rings. The van der Waals surface area contributed by atoms with Crippen molar-refractivity contribution in [3.63, 3.8) is 0 Å². The van der Waals surface area contributed by atoms with Gasteiger partial charge in [0.15, 0.2) is 0 Å². The topological polar surface area (TPSA) is 69.6 Å². The van der Waals surface area contributed by atoms with Gasteiger partial charge in [0.05, 0.1) is 18.8 Å². The molecule has 436 valence electrons. The maximum atomic E-state index is 12.5. The zero-order valence-electron chi connectivity index (χ0n) is 50.2. The van der Waals surface area contributed by atoms with Crippen molar-refractivity contribution in [3.8, 4) is 0 Å². The monoisotopic (exact) mass is 1050 g/mol. The number of rotatable bonds is 59. The van der Waals surface area contributed by atoms with Crippen molar-refractivity contribution in [2.75, 3.05) is 6.61 Å². The molecule has 0 aliphatic rings. The van der Waals surface area contributed by atoms with Crippen LogP contribution < -0.4 is 5.32 Å². The Bertz CT molecular complexity index is 1470. The number of amides is 1. The molecule has 0 radical (unpaired) electrons. The Balaban J connectivity index is 3.58. The molecule has 76 heavy (non-hydrogen) atoms. The fourth-order valence-electron chi connectivity index (χ4n) is 9.51. The summed E-state index contributed by atoms with van der Waals surface area (Å²) in [6.07, 6.45) is 101.